The molecule has 0 atom stereocenters. The SMILES string of the molecule is NNC(=O)c1cc(F)ccc1NS(=O)(=O)c1ccc(Cl)s1. The van der Waals surface area contributed by atoms with Crippen molar-refractivity contribution in [1.82, 2.24) is 5.43 Å². The number of anilines is 1. The van der Waals surface area contributed by atoms with E-state index in [0.717, 1.165) is 29.5 Å². The van der Waals surface area contributed by atoms with Crippen LogP contribution in [-0.4, -0.2) is 14.3 Å². The van der Waals surface area contributed by atoms with Gasteiger partial charge in [0.15, 0.2) is 0 Å². The molecule has 1 aromatic carbocycles. The molecule has 0 saturated carbocycles. The molecule has 0 radical (unpaired) electrons. The fourth-order valence-corrected chi connectivity index (χ4v) is 4.07. The Bertz CT molecular complexity index is 792. The maximum atomic E-state index is 13.2. The molecule has 0 bridgehead atoms. The number of benzene rings is 1. The van der Waals surface area contributed by atoms with Crippen molar-refractivity contribution in [2.75, 3.05) is 4.72 Å². The normalized spacial score (nSPS) is 11.2. The van der Waals surface area contributed by atoms with Gasteiger partial charge in [0.2, 0.25) is 0 Å². The van der Waals surface area contributed by atoms with E-state index in [2.05, 4.69) is 4.72 Å². The van der Waals surface area contributed by atoms with E-state index in [0.29, 0.717) is 4.34 Å². The molecule has 0 aliphatic rings. The Morgan fingerprint density at radius 3 is 2.57 bits per heavy atom. The van der Waals surface area contributed by atoms with Gasteiger partial charge in [-0.2, -0.15) is 0 Å². The molecule has 1 amide bonds. The number of carbonyl (C=O) groups is 1. The third kappa shape index (κ3) is 3.50. The largest absolute Gasteiger partial charge is 0.290 e. The van der Waals surface area contributed by atoms with Gasteiger partial charge in [0, 0.05) is 0 Å². The van der Waals surface area contributed by atoms with Gasteiger partial charge in [-0.25, -0.2) is 18.7 Å². The van der Waals surface area contributed by atoms with E-state index in [1.165, 1.54) is 12.1 Å². The van der Waals surface area contributed by atoms with Crippen LogP contribution in [0.4, 0.5) is 10.1 Å². The number of nitrogens with one attached hydrogen (secondary N) is 2. The second-order valence-electron chi connectivity index (χ2n) is 3.83. The van der Waals surface area contributed by atoms with Gasteiger partial charge < -0.3 is 0 Å². The number of nitrogens with two attached hydrogens (primary N) is 1. The van der Waals surface area contributed by atoms with E-state index in [1.54, 1.807) is 0 Å². The smallest absolute Gasteiger partial charge is 0.271 e. The highest BCUT2D eigenvalue weighted by Crippen LogP contribution is 2.28. The topological polar surface area (TPSA) is 101 Å². The minimum absolute atomic E-state index is 0.0315. The van der Waals surface area contributed by atoms with Crippen LogP contribution in [0.15, 0.2) is 34.5 Å². The number of thiophene rings is 1. The van der Waals surface area contributed by atoms with Crippen molar-refractivity contribution in [3.05, 3.63) is 46.0 Å². The van der Waals surface area contributed by atoms with Crippen LogP contribution < -0.4 is 16.0 Å². The van der Waals surface area contributed by atoms with Crippen LogP contribution in [0, 0.1) is 5.82 Å². The van der Waals surface area contributed by atoms with Crippen molar-refractivity contribution in [3.63, 3.8) is 0 Å². The van der Waals surface area contributed by atoms with Crippen LogP contribution in [0.3, 0.4) is 0 Å². The minimum atomic E-state index is -3.93. The molecule has 21 heavy (non-hydrogen) atoms. The van der Waals surface area contributed by atoms with E-state index < -0.39 is 21.7 Å². The Hall–Kier alpha value is -1.68. The van der Waals surface area contributed by atoms with Crippen LogP contribution in [-0.2, 0) is 10.0 Å². The second kappa shape index (κ2) is 5.98. The highest BCUT2D eigenvalue weighted by atomic mass is 35.5. The fourth-order valence-electron chi connectivity index (χ4n) is 1.51. The molecule has 2 aromatic rings. The van der Waals surface area contributed by atoms with E-state index in [1.807, 2.05) is 5.43 Å². The average molecular weight is 350 g/mol. The van der Waals surface area contributed by atoms with Crippen molar-refractivity contribution in [3.8, 4) is 0 Å². The molecule has 1 heterocycles. The average Bonchev–Trinajstić information content (AvgIpc) is 2.87. The number of hydrazine groups is 1. The van der Waals surface area contributed by atoms with Crippen LogP contribution in [0.2, 0.25) is 4.34 Å². The highest BCUT2D eigenvalue weighted by molar-refractivity contribution is 7.94. The number of nitrogen functional groups attached to an aromatic ring is 1. The zero-order chi connectivity index (χ0) is 15.6. The van der Waals surface area contributed by atoms with Crippen molar-refractivity contribution in [2.45, 2.75) is 4.21 Å². The van der Waals surface area contributed by atoms with Crippen molar-refractivity contribution in [2.24, 2.45) is 5.84 Å². The predicted molar refractivity (Wildman–Crippen MR) is 78.2 cm³/mol. The van der Waals surface area contributed by atoms with Crippen molar-refractivity contribution in [1.29, 1.82) is 0 Å². The molecule has 0 aliphatic carbocycles. The van der Waals surface area contributed by atoms with Crippen LogP contribution in [0.1, 0.15) is 10.4 Å². The third-order valence-corrected chi connectivity index (χ3v) is 5.50. The van der Waals surface area contributed by atoms with Gasteiger partial charge in [-0.3, -0.25) is 14.9 Å². The van der Waals surface area contributed by atoms with Gasteiger partial charge in [0.05, 0.1) is 15.6 Å². The lowest BCUT2D eigenvalue weighted by atomic mass is 10.1. The summed E-state index contributed by atoms with van der Waals surface area (Å²) in [5, 5.41) is 0. The molecule has 6 nitrogen and oxygen atoms in total. The first-order valence-electron chi connectivity index (χ1n) is 5.42. The van der Waals surface area contributed by atoms with Gasteiger partial charge in [0.25, 0.3) is 15.9 Å². The fraction of sp³-hybridized carbons (Fsp3) is 0. The lowest BCUT2D eigenvalue weighted by molar-refractivity contribution is 0.0954. The molecule has 10 heteroatoms. The van der Waals surface area contributed by atoms with Crippen LogP contribution in [0.5, 0.6) is 0 Å². The van der Waals surface area contributed by atoms with Gasteiger partial charge in [-0.15, -0.1) is 11.3 Å². The van der Waals surface area contributed by atoms with Gasteiger partial charge >= 0.3 is 0 Å². The molecule has 112 valence electrons. The van der Waals surface area contributed by atoms with Crippen LogP contribution >= 0.6 is 22.9 Å². The maximum absolute atomic E-state index is 13.2. The number of hydrogen-bond acceptors (Lipinski definition) is 5. The summed E-state index contributed by atoms with van der Waals surface area (Å²) in [6.07, 6.45) is 0. The molecule has 0 unspecified atom stereocenters. The summed E-state index contributed by atoms with van der Waals surface area (Å²) in [7, 11) is -3.93. The molecular formula is C11H9ClFN3O3S2. The number of carbonyl (C=O) groups excluding carboxylic acids is 1. The zero-order valence-electron chi connectivity index (χ0n) is 10.3. The predicted octanol–water partition coefficient (Wildman–Crippen LogP) is 1.94. The molecule has 4 N–H and O–H groups in total. The number of sulfonamides is 1. The van der Waals surface area contributed by atoms with E-state index >= 15 is 0 Å². The Labute approximate surface area is 128 Å². The first kappa shape index (κ1) is 15.7. The standard InChI is InChI=1S/C11H9ClFN3O3S2/c12-9-3-4-10(20-9)21(18,19)16-8-2-1-6(13)5-7(8)11(17)15-14/h1-5,16H,14H2,(H,15,17). The Balaban J connectivity index is 2.42. The molecule has 0 saturated heterocycles. The Morgan fingerprint density at radius 1 is 1.29 bits per heavy atom. The molecular weight excluding hydrogens is 341 g/mol. The lowest BCUT2D eigenvalue weighted by Gasteiger charge is -2.10. The van der Waals surface area contributed by atoms with E-state index in [-0.39, 0.29) is 15.5 Å². The Kier molecular flexibility index (Phi) is 4.47. The number of hydrogen-bond donors (Lipinski definition) is 3. The summed E-state index contributed by atoms with van der Waals surface area (Å²) in [6, 6.07) is 5.78. The molecule has 0 aliphatic heterocycles. The summed E-state index contributed by atoms with van der Waals surface area (Å²) in [6.45, 7) is 0. The molecule has 1 aromatic heterocycles. The first-order valence-corrected chi connectivity index (χ1v) is 8.10. The van der Waals surface area contributed by atoms with Gasteiger partial charge in [0.1, 0.15) is 10.0 Å². The number of halogens is 2. The molecule has 0 fully saturated rings. The maximum Gasteiger partial charge on any atom is 0.271 e. The van der Waals surface area contributed by atoms with Crippen LogP contribution in [0.25, 0.3) is 0 Å². The van der Waals surface area contributed by atoms with Gasteiger partial charge in [-0.05, 0) is 30.3 Å². The summed E-state index contributed by atoms with van der Waals surface area (Å²) in [5.41, 5.74) is 1.49. The van der Waals surface area contributed by atoms with Crippen molar-refractivity contribution < 1.29 is 17.6 Å². The quantitative estimate of drug-likeness (QED) is 0.446. The monoisotopic (exact) mass is 349 g/mol. The van der Waals surface area contributed by atoms with E-state index in [9.17, 15) is 17.6 Å². The first-order chi connectivity index (χ1) is 9.83. The summed E-state index contributed by atoms with van der Waals surface area (Å²) < 4.78 is 40.0. The lowest BCUT2D eigenvalue weighted by Crippen LogP contribution is -2.31. The second-order valence-corrected chi connectivity index (χ2v) is 7.45. The Morgan fingerprint density at radius 2 is 2.00 bits per heavy atom. The zero-order valence-corrected chi connectivity index (χ0v) is 12.7. The summed E-state index contributed by atoms with van der Waals surface area (Å²) >= 11 is 6.54. The number of rotatable bonds is 4. The molecule has 2 rings (SSSR count). The van der Waals surface area contributed by atoms with E-state index in [4.69, 9.17) is 17.4 Å². The third-order valence-electron chi connectivity index (χ3n) is 2.42. The molecule has 0 spiro atoms. The summed E-state index contributed by atoms with van der Waals surface area (Å²) in [5.74, 6) is 3.47. The summed E-state index contributed by atoms with van der Waals surface area (Å²) in [4.78, 5) is 11.6. The minimum Gasteiger partial charge on any atom is -0.290 e. The van der Waals surface area contributed by atoms with Gasteiger partial charge in [-0.1, -0.05) is 11.6 Å². The highest BCUT2D eigenvalue weighted by Gasteiger charge is 2.20. The van der Waals surface area contributed by atoms with Crippen molar-refractivity contribution >= 4 is 44.6 Å². The number of amides is 1.